The average molecular weight is 257 g/mol. The van der Waals surface area contributed by atoms with E-state index in [4.69, 9.17) is 9.84 Å². The Morgan fingerprint density at radius 1 is 1.21 bits per heavy atom. The van der Waals surface area contributed by atoms with Crippen molar-refractivity contribution in [3.05, 3.63) is 53.7 Å². The quantitative estimate of drug-likeness (QED) is 0.836. The highest BCUT2D eigenvalue weighted by molar-refractivity contribution is 5.96. The molecule has 0 spiro atoms. The topological polar surface area (TPSA) is 59.4 Å². The summed E-state index contributed by atoms with van der Waals surface area (Å²) in [6.07, 6.45) is 2.38. The van der Waals surface area contributed by atoms with Gasteiger partial charge >= 0.3 is 0 Å². The largest absolute Gasteiger partial charge is 0.439 e. The van der Waals surface area contributed by atoms with Crippen LogP contribution in [-0.4, -0.2) is 22.5 Å². The van der Waals surface area contributed by atoms with Crippen molar-refractivity contribution in [2.75, 3.05) is 6.61 Å². The van der Waals surface area contributed by atoms with E-state index in [-0.39, 0.29) is 5.78 Å². The summed E-state index contributed by atoms with van der Waals surface area (Å²) < 4.78 is 5.56. The van der Waals surface area contributed by atoms with Gasteiger partial charge in [0, 0.05) is 17.8 Å². The summed E-state index contributed by atoms with van der Waals surface area (Å²) in [4.78, 5) is 15.3. The highest BCUT2D eigenvalue weighted by atomic mass is 16.5. The van der Waals surface area contributed by atoms with Crippen LogP contribution in [0.15, 0.2) is 42.6 Å². The van der Waals surface area contributed by atoms with E-state index in [1.54, 1.807) is 12.1 Å². The van der Waals surface area contributed by atoms with Crippen molar-refractivity contribution in [1.29, 1.82) is 0 Å². The second-order valence-corrected chi connectivity index (χ2v) is 4.07. The second kappa shape index (κ2) is 6.11. The fourth-order valence-electron chi connectivity index (χ4n) is 1.61. The van der Waals surface area contributed by atoms with E-state index in [1.807, 2.05) is 24.3 Å². The van der Waals surface area contributed by atoms with Gasteiger partial charge in [-0.1, -0.05) is 19.1 Å². The second-order valence-electron chi connectivity index (χ2n) is 4.07. The number of aliphatic hydroxyl groups excluding tert-OH is 1. The van der Waals surface area contributed by atoms with Gasteiger partial charge in [0.05, 0.1) is 0 Å². The Kier molecular flexibility index (Phi) is 4.26. The summed E-state index contributed by atoms with van der Waals surface area (Å²) in [6, 6.07) is 11.0. The average Bonchev–Trinajstić information content (AvgIpc) is 2.48. The van der Waals surface area contributed by atoms with Gasteiger partial charge in [-0.3, -0.25) is 4.79 Å². The lowest BCUT2D eigenvalue weighted by Gasteiger charge is -2.05. The van der Waals surface area contributed by atoms with E-state index < -0.39 is 6.61 Å². The molecular formula is C15H15NO3. The standard InChI is InChI=1S/C15H15NO3/c1-2-11-3-6-13(7-4-11)19-15-8-5-12(9-16-15)14(18)10-17/h3-9,17H,2,10H2,1H3. The molecule has 1 heterocycles. The van der Waals surface area contributed by atoms with Gasteiger partial charge in [0.2, 0.25) is 5.88 Å². The Morgan fingerprint density at radius 2 is 1.95 bits per heavy atom. The number of aliphatic hydroxyl groups is 1. The van der Waals surface area contributed by atoms with Crippen molar-refractivity contribution in [2.45, 2.75) is 13.3 Å². The van der Waals surface area contributed by atoms with Gasteiger partial charge < -0.3 is 9.84 Å². The molecule has 1 aromatic carbocycles. The van der Waals surface area contributed by atoms with Gasteiger partial charge in [-0.25, -0.2) is 4.98 Å². The van der Waals surface area contributed by atoms with E-state index in [2.05, 4.69) is 11.9 Å². The number of Topliss-reactive ketones (excluding diaryl/α,β-unsaturated/α-hetero) is 1. The molecule has 4 heteroatoms. The molecule has 1 N–H and O–H groups in total. The van der Waals surface area contributed by atoms with Gasteiger partial charge in [-0.15, -0.1) is 0 Å². The van der Waals surface area contributed by atoms with Crippen molar-refractivity contribution in [2.24, 2.45) is 0 Å². The number of ketones is 1. The molecule has 2 aromatic rings. The van der Waals surface area contributed by atoms with Crippen molar-refractivity contribution in [1.82, 2.24) is 4.98 Å². The smallest absolute Gasteiger partial charge is 0.219 e. The SMILES string of the molecule is CCc1ccc(Oc2ccc(C(=O)CO)cn2)cc1. The molecule has 0 saturated heterocycles. The predicted octanol–water partition coefficient (Wildman–Crippen LogP) is 2.61. The molecule has 1 aromatic heterocycles. The first-order valence-corrected chi connectivity index (χ1v) is 6.10. The third-order valence-electron chi connectivity index (χ3n) is 2.76. The van der Waals surface area contributed by atoms with Crippen molar-refractivity contribution in [3.63, 3.8) is 0 Å². The third kappa shape index (κ3) is 3.39. The number of benzene rings is 1. The molecule has 4 nitrogen and oxygen atoms in total. The molecule has 0 unspecified atom stereocenters. The summed E-state index contributed by atoms with van der Waals surface area (Å²) in [6.45, 7) is 1.58. The molecule has 2 rings (SSSR count). The summed E-state index contributed by atoms with van der Waals surface area (Å²) in [5.41, 5.74) is 1.61. The van der Waals surface area contributed by atoms with Crippen LogP contribution in [-0.2, 0) is 6.42 Å². The Labute approximate surface area is 111 Å². The zero-order valence-electron chi connectivity index (χ0n) is 10.7. The Hall–Kier alpha value is -2.20. The van der Waals surface area contributed by atoms with Crippen molar-refractivity contribution < 1.29 is 14.6 Å². The minimum absolute atomic E-state index is 0.355. The zero-order chi connectivity index (χ0) is 13.7. The zero-order valence-corrected chi connectivity index (χ0v) is 10.7. The minimum atomic E-state index is -0.514. The number of ether oxygens (including phenoxy) is 1. The van der Waals surface area contributed by atoms with Crippen LogP contribution in [0.25, 0.3) is 0 Å². The van der Waals surface area contributed by atoms with Crippen LogP contribution in [0.1, 0.15) is 22.8 Å². The molecule has 0 fully saturated rings. The van der Waals surface area contributed by atoms with Gasteiger partial charge in [0.1, 0.15) is 12.4 Å². The van der Waals surface area contributed by atoms with Gasteiger partial charge in [-0.2, -0.15) is 0 Å². The summed E-state index contributed by atoms with van der Waals surface area (Å²) in [5.74, 6) is 0.760. The van der Waals surface area contributed by atoms with Gasteiger partial charge in [0.25, 0.3) is 0 Å². The number of nitrogens with zero attached hydrogens (tertiary/aromatic N) is 1. The molecule has 0 aliphatic carbocycles. The lowest BCUT2D eigenvalue weighted by molar-refractivity contribution is 0.0903. The molecule has 0 aliphatic heterocycles. The number of carbonyl (C=O) groups is 1. The highest BCUT2D eigenvalue weighted by Crippen LogP contribution is 2.20. The van der Waals surface area contributed by atoms with E-state index in [9.17, 15) is 4.79 Å². The monoisotopic (exact) mass is 257 g/mol. The van der Waals surface area contributed by atoms with Crippen LogP contribution < -0.4 is 4.74 Å². The van der Waals surface area contributed by atoms with E-state index in [1.165, 1.54) is 11.8 Å². The number of hydrogen-bond donors (Lipinski definition) is 1. The lowest BCUT2D eigenvalue weighted by atomic mass is 10.2. The van der Waals surface area contributed by atoms with Crippen LogP contribution in [0, 0.1) is 0 Å². The number of aromatic nitrogens is 1. The number of carbonyl (C=O) groups excluding carboxylic acids is 1. The van der Waals surface area contributed by atoms with Gasteiger partial charge in [0.15, 0.2) is 5.78 Å². The Morgan fingerprint density at radius 3 is 2.47 bits per heavy atom. The first-order chi connectivity index (χ1) is 9.22. The predicted molar refractivity (Wildman–Crippen MR) is 71.5 cm³/mol. The molecule has 0 radical (unpaired) electrons. The molecule has 98 valence electrons. The summed E-state index contributed by atoms with van der Waals surface area (Å²) >= 11 is 0. The van der Waals surface area contributed by atoms with E-state index in [0.717, 1.165) is 6.42 Å². The highest BCUT2D eigenvalue weighted by Gasteiger charge is 2.05. The number of aryl methyl sites for hydroxylation is 1. The Bertz CT molecular complexity index is 547. The van der Waals surface area contributed by atoms with Crippen LogP contribution in [0.4, 0.5) is 0 Å². The maximum Gasteiger partial charge on any atom is 0.219 e. The molecule has 0 saturated carbocycles. The lowest BCUT2D eigenvalue weighted by Crippen LogP contribution is -2.04. The third-order valence-corrected chi connectivity index (χ3v) is 2.76. The molecule has 0 atom stereocenters. The molecule has 0 aliphatic rings. The maximum absolute atomic E-state index is 11.2. The minimum Gasteiger partial charge on any atom is -0.439 e. The number of rotatable bonds is 5. The molecule has 0 bridgehead atoms. The van der Waals surface area contributed by atoms with E-state index in [0.29, 0.717) is 17.2 Å². The fourth-order valence-corrected chi connectivity index (χ4v) is 1.61. The normalized spacial score (nSPS) is 10.2. The van der Waals surface area contributed by atoms with Crippen LogP contribution >= 0.6 is 0 Å². The van der Waals surface area contributed by atoms with E-state index >= 15 is 0 Å². The molecule has 0 amide bonds. The molecule has 19 heavy (non-hydrogen) atoms. The van der Waals surface area contributed by atoms with Crippen LogP contribution in [0.3, 0.4) is 0 Å². The number of hydrogen-bond acceptors (Lipinski definition) is 4. The Balaban J connectivity index is 2.08. The first-order valence-electron chi connectivity index (χ1n) is 6.10. The maximum atomic E-state index is 11.2. The van der Waals surface area contributed by atoms with Crippen LogP contribution in [0.5, 0.6) is 11.6 Å². The molecular weight excluding hydrogens is 242 g/mol. The fraction of sp³-hybridized carbons (Fsp3) is 0.200. The summed E-state index contributed by atoms with van der Waals surface area (Å²) in [5, 5.41) is 8.73. The van der Waals surface area contributed by atoms with Crippen molar-refractivity contribution >= 4 is 5.78 Å². The summed E-state index contributed by atoms with van der Waals surface area (Å²) in [7, 11) is 0. The van der Waals surface area contributed by atoms with Crippen molar-refractivity contribution in [3.8, 4) is 11.6 Å². The first kappa shape index (κ1) is 13.2. The number of pyridine rings is 1. The van der Waals surface area contributed by atoms with Gasteiger partial charge in [-0.05, 0) is 30.2 Å². The van der Waals surface area contributed by atoms with Crippen LogP contribution in [0.2, 0.25) is 0 Å².